The van der Waals surface area contributed by atoms with E-state index in [-0.39, 0.29) is 5.91 Å². The van der Waals surface area contributed by atoms with Gasteiger partial charge in [0.25, 0.3) is 5.91 Å². The fourth-order valence-corrected chi connectivity index (χ4v) is 4.15. The van der Waals surface area contributed by atoms with Gasteiger partial charge in [-0.3, -0.25) is 4.79 Å². The van der Waals surface area contributed by atoms with Crippen LogP contribution in [0, 0.1) is 0 Å². The molecule has 0 spiro atoms. The molecular weight excluding hydrogens is 369 g/mol. The van der Waals surface area contributed by atoms with E-state index in [2.05, 4.69) is 10.4 Å². The van der Waals surface area contributed by atoms with Crippen molar-refractivity contribution in [2.45, 2.75) is 44.3 Å². The predicted molar refractivity (Wildman–Crippen MR) is 98.6 cm³/mol. The molecule has 2 aromatic rings. The monoisotopic (exact) mass is 392 g/mol. The lowest BCUT2D eigenvalue weighted by molar-refractivity contribution is -0.142. The number of nitrogens with one attached hydrogen (secondary N) is 1. The maximum absolute atomic E-state index is 13.4. The van der Waals surface area contributed by atoms with Crippen LogP contribution in [0.25, 0.3) is 5.69 Å². The summed E-state index contributed by atoms with van der Waals surface area (Å²) in [7, 11) is 1.88. The van der Waals surface area contributed by atoms with Gasteiger partial charge in [0.1, 0.15) is 0 Å². The average Bonchev–Trinajstić information content (AvgIpc) is 3.32. The molecule has 1 aliphatic heterocycles. The normalized spacial score (nSPS) is 19.7. The molecule has 1 unspecified atom stereocenters. The number of hydrogen-bond acceptors (Lipinski definition) is 3. The third-order valence-corrected chi connectivity index (χ3v) is 5.69. The number of amides is 1. The van der Waals surface area contributed by atoms with E-state index in [1.54, 1.807) is 29.2 Å². The minimum atomic E-state index is -4.46. The molecule has 5 nitrogen and oxygen atoms in total. The van der Waals surface area contributed by atoms with Crippen molar-refractivity contribution in [1.29, 1.82) is 0 Å². The van der Waals surface area contributed by atoms with Crippen LogP contribution in [0.15, 0.2) is 24.3 Å². The highest BCUT2D eigenvalue weighted by atomic mass is 19.4. The molecule has 1 atom stereocenters. The first-order chi connectivity index (χ1) is 13.4. The maximum Gasteiger partial charge on any atom is 0.435 e. The third-order valence-electron chi connectivity index (χ3n) is 5.69. The van der Waals surface area contributed by atoms with Crippen molar-refractivity contribution >= 4 is 5.91 Å². The zero-order valence-corrected chi connectivity index (χ0v) is 15.7. The van der Waals surface area contributed by atoms with Gasteiger partial charge < -0.3 is 10.2 Å². The molecule has 8 heteroatoms. The maximum atomic E-state index is 13.4. The summed E-state index contributed by atoms with van der Waals surface area (Å²) in [6, 6.07) is 7.02. The van der Waals surface area contributed by atoms with Crippen LogP contribution in [0.4, 0.5) is 13.2 Å². The summed E-state index contributed by atoms with van der Waals surface area (Å²) in [6.07, 6.45) is -0.949. The second-order valence-electron chi connectivity index (χ2n) is 7.46. The van der Waals surface area contributed by atoms with Crippen molar-refractivity contribution in [3.63, 3.8) is 0 Å². The number of nitrogens with zero attached hydrogens (tertiary/aromatic N) is 3. The molecule has 1 amide bonds. The smallest absolute Gasteiger partial charge is 0.337 e. The summed E-state index contributed by atoms with van der Waals surface area (Å²) in [6.45, 7) is 1.37. The van der Waals surface area contributed by atoms with Gasteiger partial charge in [-0.25, -0.2) is 4.68 Å². The topological polar surface area (TPSA) is 50.2 Å². The Hall–Kier alpha value is -2.35. The largest absolute Gasteiger partial charge is 0.435 e. The molecule has 28 heavy (non-hydrogen) atoms. The third kappa shape index (κ3) is 3.41. The zero-order valence-electron chi connectivity index (χ0n) is 15.7. The molecule has 2 heterocycles. The number of benzene rings is 1. The molecule has 0 saturated carbocycles. The molecular formula is C20H23F3N4O. The lowest BCUT2D eigenvalue weighted by atomic mass is 9.95. The fraction of sp³-hybridized carbons (Fsp3) is 0.500. The number of carbonyl (C=O) groups is 1. The van der Waals surface area contributed by atoms with Gasteiger partial charge in [0, 0.05) is 36.0 Å². The molecule has 1 aliphatic carbocycles. The van der Waals surface area contributed by atoms with Crippen LogP contribution < -0.4 is 5.32 Å². The van der Waals surface area contributed by atoms with Gasteiger partial charge in [0.15, 0.2) is 5.69 Å². The van der Waals surface area contributed by atoms with Gasteiger partial charge in [-0.2, -0.15) is 18.3 Å². The van der Waals surface area contributed by atoms with Gasteiger partial charge in [-0.05, 0) is 63.4 Å². The van der Waals surface area contributed by atoms with Crippen LogP contribution >= 0.6 is 0 Å². The van der Waals surface area contributed by atoms with Gasteiger partial charge in [-0.15, -0.1) is 0 Å². The van der Waals surface area contributed by atoms with Crippen LogP contribution in [0.5, 0.6) is 0 Å². The number of alkyl halides is 3. The Morgan fingerprint density at radius 3 is 2.54 bits per heavy atom. The summed E-state index contributed by atoms with van der Waals surface area (Å²) >= 11 is 0. The Kier molecular flexibility index (Phi) is 4.91. The van der Waals surface area contributed by atoms with Gasteiger partial charge in [-0.1, -0.05) is 0 Å². The number of likely N-dealkylation sites (N-methyl/N-ethyl adjacent to an activating group) is 1. The first-order valence-corrected chi connectivity index (χ1v) is 9.63. The summed E-state index contributed by atoms with van der Waals surface area (Å²) in [4.78, 5) is 14.5. The lowest BCUT2D eigenvalue weighted by Crippen LogP contribution is -2.33. The summed E-state index contributed by atoms with van der Waals surface area (Å²) in [5.74, 6) is -0.0530. The van der Waals surface area contributed by atoms with Crippen molar-refractivity contribution in [1.82, 2.24) is 20.0 Å². The predicted octanol–water partition coefficient (Wildman–Crippen LogP) is 3.20. The molecule has 2 aliphatic rings. The van der Waals surface area contributed by atoms with Crippen LogP contribution in [-0.2, 0) is 19.0 Å². The molecule has 0 radical (unpaired) electrons. The van der Waals surface area contributed by atoms with E-state index >= 15 is 0 Å². The van der Waals surface area contributed by atoms with E-state index in [0.717, 1.165) is 19.3 Å². The van der Waals surface area contributed by atoms with Crippen molar-refractivity contribution < 1.29 is 18.0 Å². The molecule has 4 rings (SSSR count). The summed E-state index contributed by atoms with van der Waals surface area (Å²) in [5, 5.41) is 7.07. The molecule has 0 bridgehead atoms. The Bertz CT molecular complexity index is 873. The van der Waals surface area contributed by atoms with E-state index in [4.69, 9.17) is 0 Å². The standard InChI is InChI=1S/C20H23F3N4O/c1-24-14-10-11-26(12-14)19(28)13-6-8-15(9-7-13)27-17-5-3-2-4-16(17)18(25-27)20(21,22)23/h6-9,14,24H,2-5,10-12H2,1H3. The number of likely N-dealkylation sites (tertiary alicyclic amines) is 1. The minimum absolute atomic E-state index is 0.0530. The van der Waals surface area contributed by atoms with Gasteiger partial charge in [0.05, 0.1) is 5.69 Å². The van der Waals surface area contributed by atoms with E-state index in [9.17, 15) is 18.0 Å². The van der Waals surface area contributed by atoms with Gasteiger partial charge in [0.2, 0.25) is 0 Å². The van der Waals surface area contributed by atoms with Crippen molar-refractivity contribution in [2.24, 2.45) is 0 Å². The van der Waals surface area contributed by atoms with Crippen molar-refractivity contribution in [2.75, 3.05) is 20.1 Å². The molecule has 1 aromatic carbocycles. The SMILES string of the molecule is CNC1CCN(C(=O)c2ccc(-n3nc(C(F)(F)F)c4c3CCCC4)cc2)C1. The van der Waals surface area contributed by atoms with Crippen molar-refractivity contribution in [3.05, 3.63) is 46.8 Å². The molecule has 1 fully saturated rings. The van der Waals surface area contributed by atoms with Gasteiger partial charge >= 0.3 is 6.18 Å². The van der Waals surface area contributed by atoms with Crippen LogP contribution in [0.2, 0.25) is 0 Å². The fourth-order valence-electron chi connectivity index (χ4n) is 4.15. The quantitative estimate of drug-likeness (QED) is 0.873. The number of hydrogen-bond donors (Lipinski definition) is 1. The minimum Gasteiger partial charge on any atom is -0.337 e. The Morgan fingerprint density at radius 2 is 1.89 bits per heavy atom. The molecule has 1 saturated heterocycles. The zero-order chi connectivity index (χ0) is 19.9. The number of rotatable bonds is 3. The van der Waals surface area contributed by atoms with Crippen LogP contribution in [0.1, 0.15) is 46.6 Å². The first-order valence-electron chi connectivity index (χ1n) is 9.63. The highest BCUT2D eigenvalue weighted by Gasteiger charge is 2.39. The second kappa shape index (κ2) is 7.24. The van der Waals surface area contributed by atoms with Crippen molar-refractivity contribution in [3.8, 4) is 5.69 Å². The number of halogens is 3. The number of fused-ring (bicyclic) bond motifs is 1. The summed E-state index contributed by atoms with van der Waals surface area (Å²) < 4.78 is 41.5. The highest BCUT2D eigenvalue weighted by molar-refractivity contribution is 5.94. The average molecular weight is 392 g/mol. The van der Waals surface area contributed by atoms with E-state index in [1.807, 2.05) is 7.05 Å². The molecule has 1 N–H and O–H groups in total. The first kappa shape index (κ1) is 19.0. The summed E-state index contributed by atoms with van der Waals surface area (Å²) in [5.41, 5.74) is 1.26. The van der Waals surface area contributed by atoms with Crippen LogP contribution in [0.3, 0.4) is 0 Å². The Balaban J connectivity index is 1.61. The van der Waals surface area contributed by atoms with E-state index in [0.29, 0.717) is 54.5 Å². The van der Waals surface area contributed by atoms with Crippen LogP contribution in [-0.4, -0.2) is 46.8 Å². The second-order valence-corrected chi connectivity index (χ2v) is 7.46. The molecule has 1 aromatic heterocycles. The lowest BCUT2D eigenvalue weighted by Gasteiger charge is -2.17. The van der Waals surface area contributed by atoms with E-state index in [1.165, 1.54) is 4.68 Å². The number of carbonyl (C=O) groups excluding carboxylic acids is 1. The Labute approximate surface area is 161 Å². The number of aromatic nitrogens is 2. The van der Waals surface area contributed by atoms with E-state index < -0.39 is 11.9 Å². The highest BCUT2D eigenvalue weighted by Crippen LogP contribution is 2.36. The molecule has 150 valence electrons. The Morgan fingerprint density at radius 1 is 1.18 bits per heavy atom.